The highest BCUT2D eigenvalue weighted by Crippen LogP contribution is 2.27. The molecule has 12 heteroatoms. The number of halogens is 4. The van der Waals surface area contributed by atoms with E-state index in [1.54, 1.807) is 12.1 Å². The van der Waals surface area contributed by atoms with E-state index in [1.165, 1.54) is 35.2 Å². The Kier molecular flexibility index (Phi) is 6.52. The molecule has 0 bridgehead atoms. The van der Waals surface area contributed by atoms with Crippen molar-refractivity contribution in [2.24, 2.45) is 5.10 Å². The second kappa shape index (κ2) is 8.65. The number of benzene rings is 1. The summed E-state index contributed by atoms with van der Waals surface area (Å²) in [7, 11) is 0. The largest absolute Gasteiger partial charge is 0.573 e. The van der Waals surface area contributed by atoms with E-state index in [0.717, 1.165) is 0 Å². The number of aromatic nitrogens is 3. The summed E-state index contributed by atoms with van der Waals surface area (Å²) in [6.07, 6.45) is -2.69. The molecule has 3 aromatic rings. The zero-order valence-corrected chi connectivity index (χ0v) is 15.3. The lowest BCUT2D eigenvalue weighted by Gasteiger charge is -2.08. The predicted octanol–water partition coefficient (Wildman–Crippen LogP) is 3.58. The third kappa shape index (κ3) is 5.16. The first-order valence-electron chi connectivity index (χ1n) is 7.80. The number of anilines is 1. The van der Waals surface area contributed by atoms with Crippen molar-refractivity contribution in [2.45, 2.75) is 19.7 Å². The highest BCUT2D eigenvalue weighted by Gasteiger charge is 2.31. The third-order valence-electron chi connectivity index (χ3n) is 3.44. The van der Waals surface area contributed by atoms with Gasteiger partial charge in [-0.05, 0) is 36.4 Å². The number of nitrogen functional groups attached to an aromatic ring is 1. The number of alkyl halides is 3. The standard InChI is InChI=1S/C16H15F3N6O2.ClH/c1-2-14-22-24-15(25(14)20)23-21-9-12-7-8-13(26-12)10-3-5-11(6-4-10)27-16(17,18)19;/h3-9H,2,20H2,1H3,(H,23,24);1H. The summed E-state index contributed by atoms with van der Waals surface area (Å²) in [4.78, 5) is 0. The smallest absolute Gasteiger partial charge is 0.455 e. The monoisotopic (exact) mass is 416 g/mol. The zero-order valence-electron chi connectivity index (χ0n) is 14.5. The maximum atomic E-state index is 12.2. The molecule has 0 radical (unpaired) electrons. The molecule has 2 heterocycles. The quantitative estimate of drug-likeness (QED) is 0.361. The normalized spacial score (nSPS) is 11.4. The number of hydrogen-bond acceptors (Lipinski definition) is 7. The van der Waals surface area contributed by atoms with Crippen LogP contribution in [-0.4, -0.2) is 27.5 Å². The maximum absolute atomic E-state index is 12.2. The minimum atomic E-state index is -4.73. The van der Waals surface area contributed by atoms with Gasteiger partial charge in [0, 0.05) is 12.0 Å². The molecule has 0 atom stereocenters. The van der Waals surface area contributed by atoms with E-state index in [2.05, 4.69) is 25.5 Å². The van der Waals surface area contributed by atoms with Crippen LogP contribution in [0.3, 0.4) is 0 Å². The second-order valence-corrected chi connectivity index (χ2v) is 5.31. The first kappa shape index (κ1) is 21.1. The van der Waals surface area contributed by atoms with Crippen LogP contribution in [0.4, 0.5) is 19.1 Å². The van der Waals surface area contributed by atoms with E-state index < -0.39 is 6.36 Å². The van der Waals surface area contributed by atoms with E-state index in [0.29, 0.717) is 29.3 Å². The molecular formula is C16H16ClF3N6O2. The Bertz CT molecular complexity index is 937. The average Bonchev–Trinajstić information content (AvgIpc) is 3.22. The number of rotatable bonds is 6. The minimum absolute atomic E-state index is 0. The highest BCUT2D eigenvalue weighted by atomic mass is 35.5. The van der Waals surface area contributed by atoms with Gasteiger partial charge in [0.15, 0.2) is 5.82 Å². The minimum Gasteiger partial charge on any atom is -0.455 e. The number of nitrogens with two attached hydrogens (primary N) is 1. The lowest BCUT2D eigenvalue weighted by atomic mass is 10.2. The number of ether oxygens (including phenoxy) is 1. The van der Waals surface area contributed by atoms with Crippen LogP contribution < -0.4 is 16.0 Å². The van der Waals surface area contributed by atoms with Crippen LogP contribution in [0, 0.1) is 0 Å². The molecule has 8 nitrogen and oxygen atoms in total. The van der Waals surface area contributed by atoms with Crippen molar-refractivity contribution in [3.8, 4) is 17.1 Å². The van der Waals surface area contributed by atoms with Gasteiger partial charge in [-0.1, -0.05) is 6.92 Å². The molecule has 0 spiro atoms. The number of nitrogens with one attached hydrogen (secondary N) is 1. The Balaban J connectivity index is 0.00000280. The van der Waals surface area contributed by atoms with Crippen LogP contribution in [0.1, 0.15) is 18.5 Å². The van der Waals surface area contributed by atoms with Crippen molar-refractivity contribution < 1.29 is 22.3 Å². The molecule has 0 aliphatic carbocycles. The lowest BCUT2D eigenvalue weighted by molar-refractivity contribution is -0.274. The zero-order chi connectivity index (χ0) is 19.4. The summed E-state index contributed by atoms with van der Waals surface area (Å²) < 4.78 is 47.2. The molecule has 0 fully saturated rings. The van der Waals surface area contributed by atoms with E-state index >= 15 is 0 Å². The molecule has 0 aliphatic heterocycles. The maximum Gasteiger partial charge on any atom is 0.573 e. The Labute approximate surface area is 163 Å². The van der Waals surface area contributed by atoms with Gasteiger partial charge in [-0.15, -0.1) is 35.8 Å². The number of nitrogens with zero attached hydrogens (tertiary/aromatic N) is 4. The molecule has 0 saturated carbocycles. The number of hydrogen-bond donors (Lipinski definition) is 2. The summed E-state index contributed by atoms with van der Waals surface area (Å²) in [5.74, 6) is 7.23. The summed E-state index contributed by atoms with van der Waals surface area (Å²) in [5.41, 5.74) is 3.23. The SMILES string of the molecule is CCc1nnc(NN=Cc2ccc(-c3ccc(OC(F)(F)F)cc3)o2)n1N.Cl. The fraction of sp³-hybridized carbons (Fsp3) is 0.188. The first-order chi connectivity index (χ1) is 12.9. The molecule has 150 valence electrons. The van der Waals surface area contributed by atoms with Crippen molar-refractivity contribution in [2.75, 3.05) is 11.3 Å². The molecule has 0 unspecified atom stereocenters. The summed E-state index contributed by atoms with van der Waals surface area (Å²) in [6.45, 7) is 1.90. The molecule has 0 amide bonds. The summed E-state index contributed by atoms with van der Waals surface area (Å²) >= 11 is 0. The Hall–Kier alpha value is -3.21. The summed E-state index contributed by atoms with van der Waals surface area (Å²) in [5, 5.41) is 11.7. The fourth-order valence-electron chi connectivity index (χ4n) is 2.19. The average molecular weight is 417 g/mol. The highest BCUT2D eigenvalue weighted by molar-refractivity contribution is 5.85. The second-order valence-electron chi connectivity index (χ2n) is 5.31. The van der Waals surface area contributed by atoms with Gasteiger partial charge in [0.1, 0.15) is 17.3 Å². The van der Waals surface area contributed by atoms with Gasteiger partial charge >= 0.3 is 6.36 Å². The molecule has 2 aromatic heterocycles. The molecule has 3 N–H and O–H groups in total. The van der Waals surface area contributed by atoms with Crippen LogP contribution in [0.15, 0.2) is 45.9 Å². The van der Waals surface area contributed by atoms with Crippen molar-refractivity contribution in [1.82, 2.24) is 14.9 Å². The molecule has 3 rings (SSSR count). The van der Waals surface area contributed by atoms with E-state index in [1.807, 2.05) is 6.92 Å². The van der Waals surface area contributed by atoms with Crippen molar-refractivity contribution in [1.29, 1.82) is 0 Å². The van der Waals surface area contributed by atoms with Crippen LogP contribution in [0.25, 0.3) is 11.3 Å². The predicted molar refractivity (Wildman–Crippen MR) is 98.8 cm³/mol. The fourth-order valence-corrected chi connectivity index (χ4v) is 2.19. The topological polar surface area (TPSA) is 103 Å². The van der Waals surface area contributed by atoms with Gasteiger partial charge in [0.2, 0.25) is 0 Å². The number of furan rings is 1. The lowest BCUT2D eigenvalue weighted by Crippen LogP contribution is -2.16. The van der Waals surface area contributed by atoms with Crippen molar-refractivity contribution in [3.05, 3.63) is 48.0 Å². The summed E-state index contributed by atoms with van der Waals surface area (Å²) in [6, 6.07) is 8.66. The van der Waals surface area contributed by atoms with Crippen LogP contribution in [-0.2, 0) is 6.42 Å². The molecule has 1 aromatic carbocycles. The molecular weight excluding hydrogens is 401 g/mol. The van der Waals surface area contributed by atoms with E-state index in [-0.39, 0.29) is 24.1 Å². The van der Waals surface area contributed by atoms with Crippen molar-refractivity contribution in [3.63, 3.8) is 0 Å². The molecule has 28 heavy (non-hydrogen) atoms. The Morgan fingerprint density at radius 3 is 2.54 bits per heavy atom. The first-order valence-corrected chi connectivity index (χ1v) is 7.80. The Morgan fingerprint density at radius 1 is 1.21 bits per heavy atom. The number of aryl methyl sites for hydroxylation is 1. The van der Waals surface area contributed by atoms with Crippen LogP contribution >= 0.6 is 12.4 Å². The van der Waals surface area contributed by atoms with Crippen molar-refractivity contribution >= 4 is 24.6 Å². The van der Waals surface area contributed by atoms with E-state index in [4.69, 9.17) is 10.3 Å². The van der Waals surface area contributed by atoms with Gasteiger partial charge in [0.05, 0.1) is 6.21 Å². The van der Waals surface area contributed by atoms with Gasteiger partial charge in [-0.25, -0.2) is 10.1 Å². The van der Waals surface area contributed by atoms with Gasteiger partial charge < -0.3 is 15.0 Å². The van der Waals surface area contributed by atoms with Crippen LogP contribution in [0.5, 0.6) is 5.75 Å². The van der Waals surface area contributed by atoms with Crippen LogP contribution in [0.2, 0.25) is 0 Å². The van der Waals surface area contributed by atoms with E-state index in [9.17, 15) is 13.2 Å². The van der Waals surface area contributed by atoms with Gasteiger partial charge in [-0.3, -0.25) is 0 Å². The van der Waals surface area contributed by atoms with Gasteiger partial charge in [-0.2, -0.15) is 5.10 Å². The Morgan fingerprint density at radius 2 is 1.93 bits per heavy atom. The number of hydrazone groups is 1. The molecule has 0 aliphatic rings. The van der Waals surface area contributed by atoms with Gasteiger partial charge in [0.25, 0.3) is 5.95 Å². The molecule has 0 saturated heterocycles. The third-order valence-corrected chi connectivity index (χ3v) is 3.44.